The number of Topliss-reactive ketones (excluding diaryl/α,β-unsaturated/α-hetero) is 2. The van der Waals surface area contributed by atoms with Crippen LogP contribution in [0, 0.1) is 13.8 Å². The zero-order valence-electron chi connectivity index (χ0n) is 21.6. The fourth-order valence-electron chi connectivity index (χ4n) is 4.65. The highest BCUT2D eigenvalue weighted by Gasteiger charge is 2.56. The molecular weight excluding hydrogens is 496 g/mol. The summed E-state index contributed by atoms with van der Waals surface area (Å²) in [6, 6.07) is 0. The van der Waals surface area contributed by atoms with Crippen LogP contribution in [0.2, 0.25) is 0 Å². The molecule has 0 saturated heterocycles. The standard InChI is InChI=1S/C26H28N4O8/c1-11-22(34)20(13(3)31)24-21(23(11)35)26(5)16(37-24)10-15(32)19(25(26)36)12(2)27-8-6-17(33)28-9-7-18-29-14(4)30-38-18/h10,27,34-35H,6-9H2,1-5H3,(H,28,33)/b19-12+/t26-/m1/s1. The third-order valence-corrected chi connectivity index (χ3v) is 6.73. The number of ketones is 3. The van der Waals surface area contributed by atoms with Crippen molar-refractivity contribution in [3.63, 3.8) is 0 Å². The summed E-state index contributed by atoms with van der Waals surface area (Å²) < 4.78 is 10.7. The third-order valence-electron chi connectivity index (χ3n) is 6.73. The molecule has 0 bridgehead atoms. The van der Waals surface area contributed by atoms with Crippen LogP contribution in [0.3, 0.4) is 0 Å². The zero-order chi connectivity index (χ0) is 27.9. The van der Waals surface area contributed by atoms with Crippen molar-refractivity contribution in [1.29, 1.82) is 0 Å². The first-order valence-electron chi connectivity index (χ1n) is 12.0. The van der Waals surface area contributed by atoms with Crippen LogP contribution in [0.25, 0.3) is 0 Å². The van der Waals surface area contributed by atoms with E-state index in [1.54, 1.807) is 13.8 Å². The van der Waals surface area contributed by atoms with Gasteiger partial charge in [-0.15, -0.1) is 0 Å². The Hall–Kier alpha value is -4.48. The number of amides is 1. The molecule has 1 aliphatic carbocycles. The van der Waals surface area contributed by atoms with E-state index >= 15 is 0 Å². The van der Waals surface area contributed by atoms with Crippen molar-refractivity contribution in [3.05, 3.63) is 51.5 Å². The minimum absolute atomic E-state index is 0.0165. The zero-order valence-corrected chi connectivity index (χ0v) is 21.6. The van der Waals surface area contributed by atoms with E-state index in [4.69, 9.17) is 9.26 Å². The highest BCUT2D eigenvalue weighted by Crippen LogP contribution is 2.57. The molecule has 1 atom stereocenters. The number of allylic oxidation sites excluding steroid dienone is 4. The molecule has 12 nitrogen and oxygen atoms in total. The van der Waals surface area contributed by atoms with Crippen LogP contribution in [-0.2, 0) is 26.2 Å². The molecule has 0 spiro atoms. The first kappa shape index (κ1) is 26.6. The van der Waals surface area contributed by atoms with Crippen LogP contribution in [-0.4, -0.2) is 56.7 Å². The van der Waals surface area contributed by atoms with Crippen molar-refractivity contribution < 1.29 is 38.7 Å². The van der Waals surface area contributed by atoms with Crippen LogP contribution in [0.15, 0.2) is 27.6 Å². The smallest absolute Gasteiger partial charge is 0.228 e. The molecule has 1 amide bonds. The van der Waals surface area contributed by atoms with Gasteiger partial charge in [-0.2, -0.15) is 4.98 Å². The van der Waals surface area contributed by atoms with Gasteiger partial charge in [0.15, 0.2) is 23.2 Å². The summed E-state index contributed by atoms with van der Waals surface area (Å²) in [5.74, 6) is -2.15. The van der Waals surface area contributed by atoms with E-state index < -0.39 is 34.3 Å². The molecule has 4 N–H and O–H groups in total. The Morgan fingerprint density at radius 1 is 1.08 bits per heavy atom. The SMILES string of the molecule is CC(=O)c1c(O)c(C)c(O)c2c1OC1=CC(=O)/C(=C(/C)NCCC(=O)NCCc3nc(C)no3)C(=O)[C@]12C. The van der Waals surface area contributed by atoms with Gasteiger partial charge < -0.3 is 30.1 Å². The summed E-state index contributed by atoms with van der Waals surface area (Å²) in [4.78, 5) is 55.2. The van der Waals surface area contributed by atoms with Gasteiger partial charge in [-0.1, -0.05) is 5.16 Å². The fourth-order valence-corrected chi connectivity index (χ4v) is 4.65. The molecule has 2 heterocycles. The number of phenolic OH excluding ortho intramolecular Hbond substituents is 2. The number of aryl methyl sites for hydroxylation is 1. The second-order valence-corrected chi connectivity index (χ2v) is 9.40. The van der Waals surface area contributed by atoms with E-state index in [0.717, 1.165) is 6.08 Å². The number of carbonyl (C=O) groups excluding carboxylic acids is 4. The van der Waals surface area contributed by atoms with Crippen molar-refractivity contribution >= 4 is 23.3 Å². The van der Waals surface area contributed by atoms with E-state index in [1.165, 1.54) is 20.8 Å². The second kappa shape index (κ2) is 9.77. The van der Waals surface area contributed by atoms with Crippen LogP contribution in [0.4, 0.5) is 0 Å². The maximum absolute atomic E-state index is 13.8. The molecule has 1 aromatic carbocycles. The topological polar surface area (TPSA) is 181 Å². The Bertz CT molecular complexity index is 1450. The molecule has 200 valence electrons. The van der Waals surface area contributed by atoms with Gasteiger partial charge in [0.1, 0.15) is 34.0 Å². The molecule has 1 aliphatic heterocycles. The second-order valence-electron chi connectivity index (χ2n) is 9.40. The van der Waals surface area contributed by atoms with Crippen molar-refractivity contribution in [2.24, 2.45) is 0 Å². The number of nitrogens with zero attached hydrogens (tertiary/aromatic N) is 2. The highest BCUT2D eigenvalue weighted by atomic mass is 16.5. The lowest BCUT2D eigenvalue weighted by Gasteiger charge is -2.29. The maximum Gasteiger partial charge on any atom is 0.228 e. The van der Waals surface area contributed by atoms with Crippen molar-refractivity contribution in [2.75, 3.05) is 13.1 Å². The van der Waals surface area contributed by atoms with Gasteiger partial charge in [-0.05, 0) is 34.6 Å². The van der Waals surface area contributed by atoms with E-state index in [9.17, 15) is 29.4 Å². The monoisotopic (exact) mass is 524 g/mol. The number of carbonyl (C=O) groups is 4. The molecular formula is C26H28N4O8. The summed E-state index contributed by atoms with van der Waals surface area (Å²) in [6.45, 7) is 7.83. The molecule has 38 heavy (non-hydrogen) atoms. The Morgan fingerprint density at radius 3 is 2.42 bits per heavy atom. The van der Waals surface area contributed by atoms with Crippen LogP contribution in [0.1, 0.15) is 60.4 Å². The van der Waals surface area contributed by atoms with E-state index in [-0.39, 0.29) is 58.3 Å². The van der Waals surface area contributed by atoms with Crippen molar-refractivity contribution in [3.8, 4) is 17.2 Å². The maximum atomic E-state index is 13.8. The fraction of sp³-hybridized carbons (Fsp3) is 0.385. The average Bonchev–Trinajstić information content (AvgIpc) is 3.38. The number of phenols is 2. The van der Waals surface area contributed by atoms with Crippen molar-refractivity contribution in [2.45, 2.75) is 52.9 Å². The highest BCUT2D eigenvalue weighted by molar-refractivity contribution is 6.31. The Balaban J connectivity index is 1.52. The Morgan fingerprint density at radius 2 is 1.79 bits per heavy atom. The van der Waals surface area contributed by atoms with Gasteiger partial charge in [0, 0.05) is 43.3 Å². The number of fused-ring (bicyclic) bond motifs is 3. The molecule has 2 aliphatic rings. The minimum Gasteiger partial charge on any atom is -0.507 e. The lowest BCUT2D eigenvalue weighted by Crippen LogP contribution is -2.41. The molecule has 0 fully saturated rings. The number of aromatic hydroxyl groups is 2. The number of nitrogens with one attached hydrogen (secondary N) is 2. The molecule has 2 aromatic rings. The van der Waals surface area contributed by atoms with E-state index in [1.807, 2.05) is 0 Å². The quantitative estimate of drug-likeness (QED) is 0.224. The van der Waals surface area contributed by atoms with Crippen LogP contribution < -0.4 is 15.4 Å². The van der Waals surface area contributed by atoms with Crippen molar-refractivity contribution in [1.82, 2.24) is 20.8 Å². The van der Waals surface area contributed by atoms with Gasteiger partial charge in [0.25, 0.3) is 0 Å². The average molecular weight is 525 g/mol. The van der Waals surface area contributed by atoms with Crippen LogP contribution >= 0.6 is 0 Å². The van der Waals surface area contributed by atoms with Gasteiger partial charge in [0.05, 0.1) is 11.1 Å². The van der Waals surface area contributed by atoms with Crippen LogP contribution in [0.5, 0.6) is 17.2 Å². The summed E-state index contributed by atoms with van der Waals surface area (Å²) >= 11 is 0. The Kier molecular flexibility index (Phi) is 6.83. The number of benzene rings is 1. The number of aromatic nitrogens is 2. The largest absolute Gasteiger partial charge is 0.507 e. The summed E-state index contributed by atoms with van der Waals surface area (Å²) in [7, 11) is 0. The molecule has 1 aromatic heterocycles. The molecule has 0 radical (unpaired) electrons. The minimum atomic E-state index is -1.60. The van der Waals surface area contributed by atoms with Gasteiger partial charge in [0.2, 0.25) is 11.8 Å². The first-order valence-corrected chi connectivity index (χ1v) is 12.0. The number of ether oxygens (including phenoxy) is 1. The lowest BCUT2D eigenvalue weighted by molar-refractivity contribution is -0.124. The van der Waals surface area contributed by atoms with Gasteiger partial charge in [-0.25, -0.2) is 0 Å². The summed E-state index contributed by atoms with van der Waals surface area (Å²) in [6.07, 6.45) is 1.60. The van der Waals surface area contributed by atoms with Gasteiger partial charge >= 0.3 is 0 Å². The summed E-state index contributed by atoms with van der Waals surface area (Å²) in [5.41, 5.74) is -1.64. The molecule has 0 saturated carbocycles. The summed E-state index contributed by atoms with van der Waals surface area (Å²) in [5, 5.41) is 30.7. The van der Waals surface area contributed by atoms with E-state index in [0.29, 0.717) is 24.7 Å². The number of hydrogen-bond acceptors (Lipinski definition) is 11. The molecule has 4 rings (SSSR count). The number of hydrogen-bond donors (Lipinski definition) is 4. The normalized spacial score (nSPS) is 19.3. The predicted octanol–water partition coefficient (Wildman–Crippen LogP) is 1.60. The predicted molar refractivity (Wildman–Crippen MR) is 132 cm³/mol. The Labute approximate surface area is 217 Å². The van der Waals surface area contributed by atoms with E-state index in [2.05, 4.69) is 20.8 Å². The molecule has 0 unspecified atom stereocenters. The first-order chi connectivity index (χ1) is 17.9. The molecule has 12 heteroatoms. The van der Waals surface area contributed by atoms with Gasteiger partial charge in [-0.3, -0.25) is 19.2 Å². The third kappa shape index (κ3) is 4.31. The lowest BCUT2D eigenvalue weighted by atomic mass is 9.70. The number of rotatable bonds is 8.